The Labute approximate surface area is 105 Å². The number of alkyl carbamates (subject to hydrolysis) is 1. The molecule has 2 unspecified atom stereocenters. The fourth-order valence-electron chi connectivity index (χ4n) is 1.63. The zero-order chi connectivity index (χ0) is 13.1. The van der Waals surface area contributed by atoms with E-state index in [0.717, 1.165) is 12.8 Å². The Hall–Kier alpha value is -1.62. The van der Waals surface area contributed by atoms with E-state index in [-0.39, 0.29) is 11.6 Å². The number of carbonyl (C=O) groups is 1. The van der Waals surface area contributed by atoms with Gasteiger partial charge in [-0.05, 0) is 25.8 Å². The van der Waals surface area contributed by atoms with Crippen LogP contribution in [0.4, 0.5) is 9.18 Å². The van der Waals surface area contributed by atoms with Crippen molar-refractivity contribution in [3.8, 4) is 0 Å². The van der Waals surface area contributed by atoms with Crippen LogP contribution in [-0.4, -0.2) is 23.3 Å². The normalized spacial score (nSPS) is 17.9. The maximum Gasteiger partial charge on any atom is 0.407 e. The molecule has 0 saturated heterocycles. The molecule has 1 aliphatic carbocycles. The average molecular weight is 253 g/mol. The minimum Gasteiger partial charge on any atom is -0.443 e. The van der Waals surface area contributed by atoms with Gasteiger partial charge in [0, 0.05) is 11.6 Å². The highest BCUT2D eigenvalue weighted by Gasteiger charge is 2.27. The summed E-state index contributed by atoms with van der Waals surface area (Å²) in [7, 11) is 0. The van der Waals surface area contributed by atoms with Gasteiger partial charge in [-0.3, -0.25) is 0 Å². The van der Waals surface area contributed by atoms with E-state index in [9.17, 15) is 14.3 Å². The van der Waals surface area contributed by atoms with Crippen LogP contribution < -0.4 is 5.32 Å². The third kappa shape index (κ3) is 3.20. The van der Waals surface area contributed by atoms with Crippen LogP contribution in [0, 0.1) is 5.82 Å². The van der Waals surface area contributed by atoms with Crippen LogP contribution >= 0.6 is 0 Å². The largest absolute Gasteiger partial charge is 0.443 e. The lowest BCUT2D eigenvalue weighted by Crippen LogP contribution is -2.32. The van der Waals surface area contributed by atoms with Gasteiger partial charge in [0.15, 0.2) is 0 Å². The number of aliphatic hydroxyl groups is 1. The number of rotatable bonds is 4. The Kier molecular flexibility index (Phi) is 3.81. The molecule has 0 spiro atoms. The van der Waals surface area contributed by atoms with Gasteiger partial charge >= 0.3 is 6.09 Å². The molecule has 0 aromatic heterocycles. The first-order valence-corrected chi connectivity index (χ1v) is 5.97. The topological polar surface area (TPSA) is 58.6 Å². The molecular weight excluding hydrogens is 237 g/mol. The van der Waals surface area contributed by atoms with Crippen LogP contribution in [-0.2, 0) is 4.74 Å². The van der Waals surface area contributed by atoms with Gasteiger partial charge < -0.3 is 15.2 Å². The van der Waals surface area contributed by atoms with Crippen molar-refractivity contribution in [1.82, 2.24) is 5.32 Å². The van der Waals surface area contributed by atoms with Gasteiger partial charge in [0.1, 0.15) is 18.0 Å². The third-order valence-corrected chi connectivity index (χ3v) is 2.86. The van der Waals surface area contributed by atoms with Crippen molar-refractivity contribution in [2.24, 2.45) is 0 Å². The standard InChI is InChI=1S/C13H16FNO3/c1-8(18-13(17)15-9-6-7-9)12(16)10-4-2-3-5-11(10)14/h2-5,8-9,12,16H,6-7H2,1H3,(H,15,17). The Morgan fingerprint density at radius 2 is 2.17 bits per heavy atom. The monoisotopic (exact) mass is 253 g/mol. The zero-order valence-electron chi connectivity index (χ0n) is 10.1. The molecule has 4 nitrogen and oxygen atoms in total. The lowest BCUT2D eigenvalue weighted by Gasteiger charge is -2.20. The summed E-state index contributed by atoms with van der Waals surface area (Å²) < 4.78 is 18.4. The van der Waals surface area contributed by atoms with Crippen molar-refractivity contribution in [3.05, 3.63) is 35.6 Å². The van der Waals surface area contributed by atoms with E-state index in [0.29, 0.717) is 0 Å². The van der Waals surface area contributed by atoms with Gasteiger partial charge in [0.25, 0.3) is 0 Å². The summed E-state index contributed by atoms with van der Waals surface area (Å²) in [6.07, 6.45) is -0.629. The fourth-order valence-corrected chi connectivity index (χ4v) is 1.63. The summed E-state index contributed by atoms with van der Waals surface area (Å²) in [5.74, 6) is -0.511. The first-order valence-electron chi connectivity index (χ1n) is 5.97. The van der Waals surface area contributed by atoms with Crippen molar-refractivity contribution in [1.29, 1.82) is 0 Å². The highest BCUT2D eigenvalue weighted by Crippen LogP contribution is 2.23. The summed E-state index contributed by atoms with van der Waals surface area (Å²) >= 11 is 0. The molecule has 1 aromatic carbocycles. The summed E-state index contributed by atoms with van der Waals surface area (Å²) in [6.45, 7) is 1.53. The molecule has 2 rings (SSSR count). The Balaban J connectivity index is 1.93. The lowest BCUT2D eigenvalue weighted by molar-refractivity contribution is 0.0100. The molecule has 0 radical (unpaired) electrons. The summed E-state index contributed by atoms with van der Waals surface area (Å²) in [6, 6.07) is 6.08. The number of carbonyl (C=O) groups excluding carboxylic acids is 1. The average Bonchev–Trinajstić information content (AvgIpc) is 3.12. The van der Waals surface area contributed by atoms with E-state index < -0.39 is 24.1 Å². The Bertz CT molecular complexity index is 434. The van der Waals surface area contributed by atoms with E-state index >= 15 is 0 Å². The molecule has 2 N–H and O–H groups in total. The predicted octanol–water partition coefficient (Wildman–Crippen LogP) is 2.14. The van der Waals surface area contributed by atoms with Crippen LogP contribution in [0.15, 0.2) is 24.3 Å². The summed E-state index contributed by atoms with van der Waals surface area (Å²) in [4.78, 5) is 11.4. The highest BCUT2D eigenvalue weighted by atomic mass is 19.1. The minimum absolute atomic E-state index is 0.129. The maximum atomic E-state index is 13.4. The minimum atomic E-state index is -1.17. The van der Waals surface area contributed by atoms with E-state index in [1.54, 1.807) is 6.07 Å². The van der Waals surface area contributed by atoms with Crippen molar-refractivity contribution in [3.63, 3.8) is 0 Å². The van der Waals surface area contributed by atoms with Crippen molar-refractivity contribution < 1.29 is 19.0 Å². The number of ether oxygens (including phenoxy) is 1. The number of hydrogen-bond donors (Lipinski definition) is 2. The number of aliphatic hydroxyl groups excluding tert-OH is 1. The van der Waals surface area contributed by atoms with E-state index in [1.165, 1.54) is 25.1 Å². The fraction of sp³-hybridized carbons (Fsp3) is 0.462. The van der Waals surface area contributed by atoms with Crippen molar-refractivity contribution in [2.75, 3.05) is 0 Å². The van der Waals surface area contributed by atoms with Crippen LogP contribution in [0.5, 0.6) is 0 Å². The molecule has 0 heterocycles. The van der Waals surface area contributed by atoms with E-state index in [2.05, 4.69) is 5.32 Å². The Morgan fingerprint density at radius 1 is 1.50 bits per heavy atom. The van der Waals surface area contributed by atoms with Crippen LogP contribution in [0.3, 0.4) is 0 Å². The third-order valence-electron chi connectivity index (χ3n) is 2.86. The van der Waals surface area contributed by atoms with Crippen LogP contribution in [0.25, 0.3) is 0 Å². The molecular formula is C13H16FNO3. The highest BCUT2D eigenvalue weighted by molar-refractivity contribution is 5.68. The molecule has 1 aliphatic rings. The molecule has 0 aliphatic heterocycles. The van der Waals surface area contributed by atoms with Gasteiger partial charge in [-0.1, -0.05) is 18.2 Å². The van der Waals surface area contributed by atoms with E-state index in [4.69, 9.17) is 4.74 Å². The van der Waals surface area contributed by atoms with Crippen molar-refractivity contribution in [2.45, 2.75) is 38.0 Å². The summed E-state index contributed by atoms with van der Waals surface area (Å²) in [5, 5.41) is 12.6. The quantitative estimate of drug-likeness (QED) is 0.864. The zero-order valence-corrected chi connectivity index (χ0v) is 10.1. The molecule has 1 saturated carbocycles. The molecule has 1 amide bonds. The van der Waals surface area contributed by atoms with E-state index in [1.807, 2.05) is 0 Å². The molecule has 98 valence electrons. The second-order valence-electron chi connectivity index (χ2n) is 4.50. The van der Waals surface area contributed by atoms with Gasteiger partial charge in [-0.2, -0.15) is 0 Å². The second kappa shape index (κ2) is 5.35. The SMILES string of the molecule is CC(OC(=O)NC1CC1)C(O)c1ccccc1F. The molecule has 0 bridgehead atoms. The van der Waals surface area contributed by atoms with Gasteiger partial charge in [-0.25, -0.2) is 9.18 Å². The molecule has 2 atom stereocenters. The number of nitrogens with one attached hydrogen (secondary N) is 1. The van der Waals surface area contributed by atoms with Crippen LogP contribution in [0.1, 0.15) is 31.4 Å². The number of halogens is 1. The van der Waals surface area contributed by atoms with Gasteiger partial charge in [-0.15, -0.1) is 0 Å². The molecule has 1 aromatic rings. The number of hydrogen-bond acceptors (Lipinski definition) is 3. The maximum absolute atomic E-state index is 13.4. The van der Waals surface area contributed by atoms with Crippen molar-refractivity contribution >= 4 is 6.09 Å². The second-order valence-corrected chi connectivity index (χ2v) is 4.50. The summed E-state index contributed by atoms with van der Waals surface area (Å²) in [5.41, 5.74) is 0.129. The molecule has 1 fully saturated rings. The smallest absolute Gasteiger partial charge is 0.407 e. The molecule has 18 heavy (non-hydrogen) atoms. The Morgan fingerprint density at radius 3 is 2.78 bits per heavy atom. The van der Waals surface area contributed by atoms with Gasteiger partial charge in [0.2, 0.25) is 0 Å². The molecule has 5 heteroatoms. The van der Waals surface area contributed by atoms with Crippen LogP contribution in [0.2, 0.25) is 0 Å². The lowest BCUT2D eigenvalue weighted by atomic mass is 10.1. The first-order chi connectivity index (χ1) is 8.58. The first kappa shape index (κ1) is 12.8. The number of amides is 1. The van der Waals surface area contributed by atoms with Gasteiger partial charge in [0.05, 0.1) is 0 Å². The predicted molar refractivity (Wildman–Crippen MR) is 63.5 cm³/mol. The number of benzene rings is 1.